The van der Waals surface area contributed by atoms with Crippen molar-refractivity contribution < 1.29 is 9.59 Å². The molecule has 0 N–H and O–H groups in total. The molecular formula is C14H17ClN2O2. The maximum absolute atomic E-state index is 11.9. The SMILES string of the molecule is CC(=O)N1CC(CC(=O)N(C)C)c2cc(Cl)ccc21. The third kappa shape index (κ3) is 2.73. The number of amides is 2. The Kier molecular flexibility index (Phi) is 3.80. The van der Waals surface area contributed by atoms with Crippen molar-refractivity contribution >= 4 is 29.1 Å². The van der Waals surface area contributed by atoms with Gasteiger partial charge in [0, 0.05) is 50.6 Å². The van der Waals surface area contributed by atoms with Crippen LogP contribution < -0.4 is 4.90 Å². The van der Waals surface area contributed by atoms with Crippen LogP contribution in [0.2, 0.25) is 5.02 Å². The van der Waals surface area contributed by atoms with Crippen molar-refractivity contribution in [3.8, 4) is 0 Å². The number of benzene rings is 1. The second-order valence-corrected chi connectivity index (χ2v) is 5.46. The van der Waals surface area contributed by atoms with E-state index < -0.39 is 0 Å². The molecule has 0 saturated heterocycles. The third-order valence-corrected chi connectivity index (χ3v) is 3.66. The van der Waals surface area contributed by atoms with Crippen molar-refractivity contribution in [2.45, 2.75) is 19.3 Å². The summed E-state index contributed by atoms with van der Waals surface area (Å²) in [4.78, 5) is 26.8. The molecule has 2 rings (SSSR count). The minimum Gasteiger partial charge on any atom is -0.349 e. The van der Waals surface area contributed by atoms with Crippen molar-refractivity contribution in [1.29, 1.82) is 0 Å². The molecular weight excluding hydrogens is 264 g/mol. The topological polar surface area (TPSA) is 40.6 Å². The van der Waals surface area contributed by atoms with Gasteiger partial charge in [-0.15, -0.1) is 0 Å². The Bertz CT molecular complexity index is 528. The van der Waals surface area contributed by atoms with E-state index in [1.165, 1.54) is 6.92 Å². The van der Waals surface area contributed by atoms with Crippen LogP contribution in [0.15, 0.2) is 18.2 Å². The summed E-state index contributed by atoms with van der Waals surface area (Å²) in [5.41, 5.74) is 1.85. The number of carbonyl (C=O) groups excluding carboxylic acids is 2. The largest absolute Gasteiger partial charge is 0.349 e. The molecule has 0 bridgehead atoms. The second kappa shape index (κ2) is 5.21. The summed E-state index contributed by atoms with van der Waals surface area (Å²) in [5, 5.41) is 0.631. The number of hydrogen-bond donors (Lipinski definition) is 0. The first-order chi connectivity index (χ1) is 8.90. The Morgan fingerprint density at radius 1 is 1.42 bits per heavy atom. The highest BCUT2D eigenvalue weighted by Gasteiger charge is 2.32. The van der Waals surface area contributed by atoms with E-state index in [2.05, 4.69) is 0 Å². The maximum Gasteiger partial charge on any atom is 0.223 e. The second-order valence-electron chi connectivity index (χ2n) is 5.02. The van der Waals surface area contributed by atoms with Crippen LogP contribution >= 0.6 is 11.6 Å². The van der Waals surface area contributed by atoms with Gasteiger partial charge in [0.25, 0.3) is 0 Å². The van der Waals surface area contributed by atoms with Crippen molar-refractivity contribution in [3.63, 3.8) is 0 Å². The zero-order valence-electron chi connectivity index (χ0n) is 11.3. The molecule has 0 fully saturated rings. The molecule has 0 saturated carbocycles. The summed E-state index contributed by atoms with van der Waals surface area (Å²) in [6.45, 7) is 2.08. The van der Waals surface area contributed by atoms with Gasteiger partial charge in [0.15, 0.2) is 0 Å². The average Bonchev–Trinajstić information content (AvgIpc) is 2.67. The van der Waals surface area contributed by atoms with Gasteiger partial charge in [0.1, 0.15) is 0 Å². The standard InChI is InChI=1S/C14H17ClN2O2/c1-9(18)17-8-10(6-14(19)16(2)3)12-7-11(15)4-5-13(12)17/h4-5,7,10H,6,8H2,1-3H3. The summed E-state index contributed by atoms with van der Waals surface area (Å²) in [6.07, 6.45) is 0.393. The quantitative estimate of drug-likeness (QED) is 0.834. The van der Waals surface area contributed by atoms with Crippen LogP contribution in [0, 0.1) is 0 Å². The van der Waals surface area contributed by atoms with Crippen molar-refractivity contribution in [3.05, 3.63) is 28.8 Å². The number of carbonyl (C=O) groups is 2. The lowest BCUT2D eigenvalue weighted by atomic mass is 9.97. The fourth-order valence-electron chi connectivity index (χ4n) is 2.38. The summed E-state index contributed by atoms with van der Waals surface area (Å²) >= 11 is 6.02. The zero-order valence-corrected chi connectivity index (χ0v) is 12.1. The molecule has 19 heavy (non-hydrogen) atoms. The molecule has 1 aromatic rings. The maximum atomic E-state index is 11.9. The molecule has 4 nitrogen and oxygen atoms in total. The molecule has 5 heteroatoms. The van der Waals surface area contributed by atoms with Crippen LogP contribution in [0.25, 0.3) is 0 Å². The van der Waals surface area contributed by atoms with E-state index in [0.717, 1.165) is 11.3 Å². The van der Waals surface area contributed by atoms with E-state index in [9.17, 15) is 9.59 Å². The van der Waals surface area contributed by atoms with Crippen LogP contribution in [0.1, 0.15) is 24.8 Å². The van der Waals surface area contributed by atoms with Gasteiger partial charge in [-0.2, -0.15) is 0 Å². The van der Waals surface area contributed by atoms with E-state index in [-0.39, 0.29) is 17.7 Å². The van der Waals surface area contributed by atoms with E-state index >= 15 is 0 Å². The Balaban J connectivity index is 2.32. The molecule has 0 spiro atoms. The number of nitrogens with zero attached hydrogens (tertiary/aromatic N) is 2. The van der Waals surface area contributed by atoms with Crippen molar-refractivity contribution in [1.82, 2.24) is 4.90 Å². The van der Waals surface area contributed by atoms with Crippen molar-refractivity contribution in [2.75, 3.05) is 25.5 Å². The van der Waals surface area contributed by atoms with E-state index in [1.54, 1.807) is 30.0 Å². The smallest absolute Gasteiger partial charge is 0.223 e. The lowest BCUT2D eigenvalue weighted by Crippen LogP contribution is -2.29. The number of anilines is 1. The zero-order chi connectivity index (χ0) is 14.2. The monoisotopic (exact) mass is 280 g/mol. The average molecular weight is 281 g/mol. The molecule has 0 radical (unpaired) electrons. The summed E-state index contributed by atoms with van der Waals surface area (Å²) in [5.74, 6) is 0.0669. The molecule has 102 valence electrons. The predicted molar refractivity (Wildman–Crippen MR) is 75.5 cm³/mol. The lowest BCUT2D eigenvalue weighted by Gasteiger charge is -2.16. The fraction of sp³-hybridized carbons (Fsp3) is 0.429. The van der Waals surface area contributed by atoms with E-state index in [1.807, 2.05) is 12.1 Å². The van der Waals surface area contributed by atoms with Gasteiger partial charge < -0.3 is 9.80 Å². The number of fused-ring (bicyclic) bond motifs is 1. The first kappa shape index (κ1) is 13.9. The number of halogens is 1. The minimum atomic E-state index is -0.0108. The normalized spacial score (nSPS) is 17.3. The molecule has 0 aliphatic carbocycles. The van der Waals surface area contributed by atoms with Crippen LogP contribution in [0.4, 0.5) is 5.69 Å². The molecule has 1 aliphatic heterocycles. The van der Waals surface area contributed by atoms with Crippen LogP contribution in [-0.2, 0) is 9.59 Å². The van der Waals surface area contributed by atoms with Gasteiger partial charge in [-0.3, -0.25) is 9.59 Å². The Morgan fingerprint density at radius 3 is 2.68 bits per heavy atom. The number of rotatable bonds is 2. The van der Waals surface area contributed by atoms with Crippen LogP contribution in [-0.4, -0.2) is 37.4 Å². The molecule has 1 aromatic carbocycles. The first-order valence-corrected chi connectivity index (χ1v) is 6.55. The summed E-state index contributed by atoms with van der Waals surface area (Å²) < 4.78 is 0. The highest BCUT2D eigenvalue weighted by Crippen LogP contribution is 2.39. The van der Waals surface area contributed by atoms with Gasteiger partial charge in [0.2, 0.25) is 11.8 Å². The van der Waals surface area contributed by atoms with Crippen molar-refractivity contribution in [2.24, 2.45) is 0 Å². The van der Waals surface area contributed by atoms with Gasteiger partial charge in [-0.1, -0.05) is 11.6 Å². The Labute approximate surface area is 117 Å². The number of hydrogen-bond acceptors (Lipinski definition) is 2. The third-order valence-electron chi connectivity index (χ3n) is 3.42. The molecule has 1 aliphatic rings. The highest BCUT2D eigenvalue weighted by molar-refractivity contribution is 6.30. The molecule has 0 aromatic heterocycles. The van der Waals surface area contributed by atoms with Crippen LogP contribution in [0.3, 0.4) is 0 Å². The predicted octanol–water partition coefficient (Wildman–Crippen LogP) is 2.27. The Hall–Kier alpha value is -1.55. The first-order valence-electron chi connectivity index (χ1n) is 6.18. The van der Waals surface area contributed by atoms with E-state index in [0.29, 0.717) is 18.0 Å². The van der Waals surface area contributed by atoms with Gasteiger partial charge >= 0.3 is 0 Å². The van der Waals surface area contributed by atoms with Gasteiger partial charge in [-0.25, -0.2) is 0 Å². The van der Waals surface area contributed by atoms with Gasteiger partial charge in [0.05, 0.1) is 0 Å². The minimum absolute atomic E-state index is 0.0108. The Morgan fingerprint density at radius 2 is 2.11 bits per heavy atom. The highest BCUT2D eigenvalue weighted by atomic mass is 35.5. The molecule has 1 heterocycles. The lowest BCUT2D eigenvalue weighted by molar-refractivity contribution is -0.129. The summed E-state index contributed by atoms with van der Waals surface area (Å²) in [6, 6.07) is 5.47. The molecule has 1 unspecified atom stereocenters. The fourth-order valence-corrected chi connectivity index (χ4v) is 2.56. The molecule has 1 atom stereocenters. The molecule has 2 amide bonds. The van der Waals surface area contributed by atoms with Gasteiger partial charge in [-0.05, 0) is 23.8 Å². The van der Waals surface area contributed by atoms with Crippen LogP contribution in [0.5, 0.6) is 0 Å². The summed E-state index contributed by atoms with van der Waals surface area (Å²) in [7, 11) is 3.47. The van der Waals surface area contributed by atoms with E-state index in [4.69, 9.17) is 11.6 Å².